The third-order valence-electron chi connectivity index (χ3n) is 3.84. The molecule has 0 radical (unpaired) electrons. The Hall–Kier alpha value is -2.35. The molecule has 1 fully saturated rings. The highest BCUT2D eigenvalue weighted by Gasteiger charge is 2.30. The van der Waals surface area contributed by atoms with Crippen LogP contribution in [-0.4, -0.2) is 43.6 Å². The Kier molecular flexibility index (Phi) is 3.38. The molecule has 1 amide bonds. The molecule has 1 aromatic carbocycles. The Balaban J connectivity index is 2.00. The van der Waals surface area contributed by atoms with Crippen LogP contribution in [0, 0.1) is 10.1 Å². The maximum absolute atomic E-state index is 11.4. The second-order valence-corrected chi connectivity index (χ2v) is 5.15. The summed E-state index contributed by atoms with van der Waals surface area (Å²) < 4.78 is 5.24. The first-order valence-corrected chi connectivity index (χ1v) is 6.76. The highest BCUT2D eigenvalue weighted by molar-refractivity contribution is 5.97. The number of anilines is 2. The molecule has 8 nitrogen and oxygen atoms in total. The van der Waals surface area contributed by atoms with Gasteiger partial charge in [0.2, 0.25) is 0 Å². The molecular weight excluding hydrogens is 276 g/mol. The molecule has 8 heteroatoms. The van der Waals surface area contributed by atoms with Gasteiger partial charge in [-0.1, -0.05) is 0 Å². The maximum Gasteiger partial charge on any atom is 0.296 e. The highest BCUT2D eigenvalue weighted by Crippen LogP contribution is 2.40. The summed E-state index contributed by atoms with van der Waals surface area (Å²) >= 11 is 0. The molecule has 0 bridgehead atoms. The number of amides is 1. The van der Waals surface area contributed by atoms with E-state index >= 15 is 0 Å². The largest absolute Gasteiger partial charge is 0.481 e. The highest BCUT2D eigenvalue weighted by atomic mass is 16.6. The van der Waals surface area contributed by atoms with E-state index in [-0.39, 0.29) is 18.2 Å². The Morgan fingerprint density at radius 1 is 1.52 bits per heavy atom. The lowest BCUT2D eigenvalue weighted by molar-refractivity contribution is -0.384. The van der Waals surface area contributed by atoms with Crippen molar-refractivity contribution >= 4 is 23.0 Å². The zero-order chi connectivity index (χ0) is 15.0. The van der Waals surface area contributed by atoms with Crippen LogP contribution < -0.4 is 20.3 Å². The number of nitrogens with one attached hydrogen (secondary N) is 2. The van der Waals surface area contributed by atoms with Crippen molar-refractivity contribution < 1.29 is 14.5 Å². The SMILES string of the molecule is CNC1CCN(c2cc3c(cc2[N+](=O)[O-])OCC(=O)N3)C1. The number of nitro benzene ring substituents is 1. The normalized spacial score (nSPS) is 20.7. The van der Waals surface area contributed by atoms with Gasteiger partial charge in [-0.25, -0.2) is 0 Å². The zero-order valence-electron chi connectivity index (χ0n) is 11.6. The van der Waals surface area contributed by atoms with Crippen LogP contribution in [0.4, 0.5) is 17.1 Å². The van der Waals surface area contributed by atoms with Crippen LogP contribution in [0.3, 0.4) is 0 Å². The number of nitro groups is 1. The molecule has 1 atom stereocenters. The predicted octanol–water partition coefficient (Wildman–Crippen LogP) is 0.724. The lowest BCUT2D eigenvalue weighted by Gasteiger charge is -2.23. The molecule has 1 aromatic rings. The average Bonchev–Trinajstić information content (AvgIpc) is 2.94. The molecule has 0 saturated carbocycles. The predicted molar refractivity (Wildman–Crippen MR) is 76.9 cm³/mol. The fraction of sp³-hybridized carbons (Fsp3) is 0.462. The van der Waals surface area contributed by atoms with E-state index in [9.17, 15) is 14.9 Å². The first-order chi connectivity index (χ1) is 10.1. The number of hydrogen-bond acceptors (Lipinski definition) is 6. The summed E-state index contributed by atoms with van der Waals surface area (Å²) in [7, 11) is 1.88. The van der Waals surface area contributed by atoms with E-state index in [1.54, 1.807) is 6.07 Å². The number of hydrogen-bond donors (Lipinski definition) is 2. The number of likely N-dealkylation sites (N-methyl/N-ethyl adjacent to an activating group) is 1. The van der Waals surface area contributed by atoms with E-state index in [0.29, 0.717) is 29.7 Å². The lowest BCUT2D eigenvalue weighted by Crippen LogP contribution is -2.30. The molecule has 2 aliphatic heterocycles. The maximum atomic E-state index is 11.4. The van der Waals surface area contributed by atoms with Gasteiger partial charge in [0.05, 0.1) is 16.7 Å². The molecule has 2 aliphatic rings. The van der Waals surface area contributed by atoms with Crippen molar-refractivity contribution in [3.05, 3.63) is 22.2 Å². The molecule has 0 aliphatic carbocycles. The third-order valence-corrected chi connectivity index (χ3v) is 3.84. The second kappa shape index (κ2) is 5.21. The van der Waals surface area contributed by atoms with E-state index < -0.39 is 4.92 Å². The van der Waals surface area contributed by atoms with E-state index in [0.717, 1.165) is 13.0 Å². The van der Waals surface area contributed by atoms with Gasteiger partial charge in [0.15, 0.2) is 12.4 Å². The summed E-state index contributed by atoms with van der Waals surface area (Å²) in [6.45, 7) is 1.32. The smallest absolute Gasteiger partial charge is 0.296 e. The molecular formula is C13H16N4O4. The molecule has 3 rings (SSSR count). The van der Waals surface area contributed by atoms with Crippen molar-refractivity contribution in [3.63, 3.8) is 0 Å². The zero-order valence-corrected chi connectivity index (χ0v) is 11.6. The third kappa shape index (κ3) is 2.49. The van der Waals surface area contributed by atoms with Crippen LogP contribution in [-0.2, 0) is 4.79 Å². The van der Waals surface area contributed by atoms with E-state index in [1.165, 1.54) is 6.07 Å². The number of carbonyl (C=O) groups excluding carboxylic acids is 1. The van der Waals surface area contributed by atoms with Crippen LogP contribution in [0.5, 0.6) is 5.75 Å². The van der Waals surface area contributed by atoms with Gasteiger partial charge in [0, 0.05) is 19.1 Å². The monoisotopic (exact) mass is 292 g/mol. The van der Waals surface area contributed by atoms with Crippen molar-refractivity contribution in [2.24, 2.45) is 0 Å². The number of fused-ring (bicyclic) bond motifs is 1. The summed E-state index contributed by atoms with van der Waals surface area (Å²) in [6.07, 6.45) is 0.924. The average molecular weight is 292 g/mol. The van der Waals surface area contributed by atoms with E-state index in [2.05, 4.69) is 10.6 Å². The number of rotatable bonds is 3. The van der Waals surface area contributed by atoms with Gasteiger partial charge in [-0.05, 0) is 19.5 Å². The standard InChI is InChI=1S/C13H16N4O4/c1-14-8-2-3-16(6-8)10-4-9-12(5-11(10)17(19)20)21-7-13(18)15-9/h4-5,8,14H,2-3,6-7H2,1H3,(H,15,18). The number of ether oxygens (including phenoxy) is 1. The van der Waals surface area contributed by atoms with Crippen LogP contribution in [0.1, 0.15) is 6.42 Å². The van der Waals surface area contributed by atoms with Crippen molar-refractivity contribution in [2.75, 3.05) is 37.0 Å². The van der Waals surface area contributed by atoms with Crippen molar-refractivity contribution in [2.45, 2.75) is 12.5 Å². The topological polar surface area (TPSA) is 96.7 Å². The summed E-state index contributed by atoms with van der Waals surface area (Å²) in [5.74, 6) is 0.0891. The van der Waals surface area contributed by atoms with Gasteiger partial charge in [-0.2, -0.15) is 0 Å². The molecule has 1 saturated heterocycles. The van der Waals surface area contributed by atoms with Gasteiger partial charge >= 0.3 is 0 Å². The first-order valence-electron chi connectivity index (χ1n) is 6.76. The Labute approximate surface area is 121 Å². The minimum Gasteiger partial charge on any atom is -0.481 e. The first kappa shape index (κ1) is 13.6. The van der Waals surface area contributed by atoms with Crippen LogP contribution in [0.25, 0.3) is 0 Å². The number of nitrogens with zero attached hydrogens (tertiary/aromatic N) is 2. The molecule has 1 unspecified atom stereocenters. The molecule has 2 N–H and O–H groups in total. The van der Waals surface area contributed by atoms with Crippen LogP contribution >= 0.6 is 0 Å². The Morgan fingerprint density at radius 3 is 3.00 bits per heavy atom. The van der Waals surface area contributed by atoms with Crippen molar-refractivity contribution in [3.8, 4) is 5.75 Å². The van der Waals surface area contributed by atoms with Crippen molar-refractivity contribution in [1.82, 2.24) is 5.32 Å². The molecule has 0 spiro atoms. The van der Waals surface area contributed by atoms with Gasteiger partial charge in [0.25, 0.3) is 11.6 Å². The van der Waals surface area contributed by atoms with Gasteiger partial charge < -0.3 is 20.3 Å². The Bertz CT molecular complexity index is 604. The van der Waals surface area contributed by atoms with Crippen LogP contribution in [0.2, 0.25) is 0 Å². The fourth-order valence-corrected chi connectivity index (χ4v) is 2.72. The lowest BCUT2D eigenvalue weighted by atomic mass is 10.2. The quantitative estimate of drug-likeness (QED) is 0.629. The molecule has 21 heavy (non-hydrogen) atoms. The number of carbonyl (C=O) groups is 1. The van der Waals surface area contributed by atoms with Gasteiger partial charge in [-0.3, -0.25) is 14.9 Å². The summed E-state index contributed by atoms with van der Waals surface area (Å²) in [5.41, 5.74) is 1.00. The second-order valence-electron chi connectivity index (χ2n) is 5.15. The minimum atomic E-state index is -0.415. The Morgan fingerprint density at radius 2 is 2.33 bits per heavy atom. The molecule has 112 valence electrons. The molecule has 2 heterocycles. The fourth-order valence-electron chi connectivity index (χ4n) is 2.72. The van der Waals surface area contributed by atoms with Crippen molar-refractivity contribution in [1.29, 1.82) is 0 Å². The molecule has 0 aromatic heterocycles. The van der Waals surface area contributed by atoms with E-state index in [1.807, 2.05) is 11.9 Å². The van der Waals surface area contributed by atoms with E-state index in [4.69, 9.17) is 4.74 Å². The minimum absolute atomic E-state index is 0.00153. The summed E-state index contributed by atoms with van der Waals surface area (Å²) in [6, 6.07) is 3.32. The summed E-state index contributed by atoms with van der Waals surface area (Å²) in [5, 5.41) is 17.2. The van der Waals surface area contributed by atoms with Crippen LogP contribution in [0.15, 0.2) is 12.1 Å². The number of benzene rings is 1. The van der Waals surface area contributed by atoms with Gasteiger partial charge in [0.1, 0.15) is 5.69 Å². The van der Waals surface area contributed by atoms with Gasteiger partial charge in [-0.15, -0.1) is 0 Å². The summed E-state index contributed by atoms with van der Waals surface area (Å²) in [4.78, 5) is 24.2.